The van der Waals surface area contributed by atoms with Gasteiger partial charge in [0.15, 0.2) is 0 Å². The molecule has 1 atom stereocenters. The lowest BCUT2D eigenvalue weighted by molar-refractivity contribution is 0.141. The summed E-state index contributed by atoms with van der Waals surface area (Å²) in [5.41, 5.74) is 1.44. The third-order valence-corrected chi connectivity index (χ3v) is 2.22. The second-order valence-corrected chi connectivity index (χ2v) is 2.87. The lowest BCUT2D eigenvalue weighted by atomic mass is 10.0. The minimum absolute atomic E-state index is 0.905. The first-order valence-corrected chi connectivity index (χ1v) is 3.27. The first kappa shape index (κ1) is 4.57. The van der Waals surface area contributed by atoms with Gasteiger partial charge in [0.1, 0.15) is 0 Å². The predicted molar refractivity (Wildman–Crippen MR) is 33.7 cm³/mol. The largest absolute Gasteiger partial charge is 0.296 e. The second kappa shape index (κ2) is 1.35. The average molecular weight is 109 g/mol. The lowest BCUT2D eigenvalue weighted by Crippen LogP contribution is -2.42. The van der Waals surface area contributed by atoms with Gasteiger partial charge >= 0.3 is 0 Å². The molecule has 0 aromatic carbocycles. The van der Waals surface area contributed by atoms with Gasteiger partial charge in [0, 0.05) is 19.1 Å². The molecule has 2 rings (SSSR count). The summed E-state index contributed by atoms with van der Waals surface area (Å²) in [6, 6.07) is 0.905. The predicted octanol–water partition coefficient (Wildman–Crippen LogP) is 1.02. The fourth-order valence-electron chi connectivity index (χ4n) is 1.62. The van der Waals surface area contributed by atoms with Crippen molar-refractivity contribution in [2.45, 2.75) is 18.9 Å². The third-order valence-electron chi connectivity index (χ3n) is 2.22. The lowest BCUT2D eigenvalue weighted by Gasteiger charge is -2.33. The molecule has 0 aliphatic carbocycles. The van der Waals surface area contributed by atoms with Gasteiger partial charge < -0.3 is 0 Å². The summed E-state index contributed by atoms with van der Waals surface area (Å²) < 4.78 is 0. The topological polar surface area (TPSA) is 3.24 Å². The van der Waals surface area contributed by atoms with Crippen molar-refractivity contribution in [3.05, 3.63) is 12.2 Å². The molecule has 2 aliphatic heterocycles. The average Bonchev–Trinajstić information content (AvgIpc) is 1.91. The highest BCUT2D eigenvalue weighted by Gasteiger charge is 2.33. The molecule has 0 radical (unpaired) electrons. The van der Waals surface area contributed by atoms with E-state index in [4.69, 9.17) is 0 Å². The Morgan fingerprint density at radius 1 is 1.62 bits per heavy atom. The first-order chi connectivity index (χ1) is 3.86. The zero-order valence-corrected chi connectivity index (χ0v) is 5.06. The van der Waals surface area contributed by atoms with Crippen molar-refractivity contribution in [2.24, 2.45) is 0 Å². The van der Waals surface area contributed by atoms with Gasteiger partial charge in [-0.15, -0.1) is 0 Å². The summed E-state index contributed by atoms with van der Waals surface area (Å²) in [6.45, 7) is 6.46. The standard InChI is InChI=1S/C7H11N/c1-6-4-7-2-3-8(7)5-6/h7H,1-5H2. The van der Waals surface area contributed by atoms with Gasteiger partial charge in [0.25, 0.3) is 0 Å². The minimum Gasteiger partial charge on any atom is -0.296 e. The van der Waals surface area contributed by atoms with Crippen molar-refractivity contribution in [1.29, 1.82) is 0 Å². The van der Waals surface area contributed by atoms with E-state index in [9.17, 15) is 0 Å². The van der Waals surface area contributed by atoms with Crippen molar-refractivity contribution < 1.29 is 0 Å². The molecule has 2 aliphatic rings. The summed E-state index contributed by atoms with van der Waals surface area (Å²) in [4.78, 5) is 2.50. The molecule has 0 bridgehead atoms. The van der Waals surface area contributed by atoms with Gasteiger partial charge in [-0.3, -0.25) is 4.90 Å². The molecule has 0 aromatic rings. The molecule has 44 valence electrons. The summed E-state index contributed by atoms with van der Waals surface area (Å²) >= 11 is 0. The SMILES string of the molecule is C=C1CC2CCN2C1. The molecule has 8 heavy (non-hydrogen) atoms. The van der Waals surface area contributed by atoms with Crippen LogP contribution in [-0.4, -0.2) is 24.0 Å². The van der Waals surface area contributed by atoms with Gasteiger partial charge in [-0.1, -0.05) is 12.2 Å². The molecule has 2 saturated heterocycles. The van der Waals surface area contributed by atoms with Crippen molar-refractivity contribution in [3.8, 4) is 0 Å². The molecule has 0 N–H and O–H groups in total. The highest BCUT2D eigenvalue weighted by molar-refractivity contribution is 5.11. The Kier molecular flexibility index (Phi) is 0.770. The van der Waals surface area contributed by atoms with Crippen LogP contribution in [0.15, 0.2) is 12.2 Å². The van der Waals surface area contributed by atoms with E-state index in [2.05, 4.69) is 11.5 Å². The number of hydrogen-bond donors (Lipinski definition) is 0. The van der Waals surface area contributed by atoms with Crippen LogP contribution in [0.25, 0.3) is 0 Å². The van der Waals surface area contributed by atoms with Gasteiger partial charge in [0.2, 0.25) is 0 Å². The second-order valence-electron chi connectivity index (χ2n) is 2.87. The molecule has 0 aromatic heterocycles. The number of rotatable bonds is 0. The van der Waals surface area contributed by atoms with Crippen LogP contribution in [0.1, 0.15) is 12.8 Å². The maximum Gasteiger partial charge on any atom is 0.0193 e. The quantitative estimate of drug-likeness (QED) is 0.420. The third kappa shape index (κ3) is 0.451. The Labute approximate surface area is 50.0 Å². The Morgan fingerprint density at radius 2 is 2.50 bits per heavy atom. The molecule has 2 fully saturated rings. The number of hydrogen-bond acceptors (Lipinski definition) is 1. The van der Waals surface area contributed by atoms with Crippen LogP contribution in [0, 0.1) is 0 Å². The summed E-state index contributed by atoms with van der Waals surface area (Å²) in [7, 11) is 0. The first-order valence-electron chi connectivity index (χ1n) is 3.27. The molecule has 1 heteroatoms. The minimum atomic E-state index is 0.905. The van der Waals surface area contributed by atoms with Crippen molar-refractivity contribution >= 4 is 0 Å². The Balaban J connectivity index is 2.10. The van der Waals surface area contributed by atoms with Gasteiger partial charge in [-0.2, -0.15) is 0 Å². The van der Waals surface area contributed by atoms with Crippen molar-refractivity contribution in [3.63, 3.8) is 0 Å². The van der Waals surface area contributed by atoms with E-state index in [1.807, 2.05) is 0 Å². The molecule has 1 unspecified atom stereocenters. The number of nitrogens with zero attached hydrogens (tertiary/aromatic N) is 1. The monoisotopic (exact) mass is 109 g/mol. The maximum absolute atomic E-state index is 3.95. The summed E-state index contributed by atoms with van der Waals surface area (Å²) in [6.07, 6.45) is 2.69. The van der Waals surface area contributed by atoms with Crippen LogP contribution in [0.4, 0.5) is 0 Å². The highest BCUT2D eigenvalue weighted by Crippen LogP contribution is 2.30. The molecule has 0 saturated carbocycles. The van der Waals surface area contributed by atoms with E-state index in [0.29, 0.717) is 0 Å². The fraction of sp³-hybridized carbons (Fsp3) is 0.714. The number of fused-ring (bicyclic) bond motifs is 1. The Morgan fingerprint density at radius 3 is 2.75 bits per heavy atom. The van der Waals surface area contributed by atoms with Crippen molar-refractivity contribution in [2.75, 3.05) is 13.1 Å². The zero-order chi connectivity index (χ0) is 5.56. The van der Waals surface area contributed by atoms with E-state index in [1.54, 1.807) is 0 Å². The van der Waals surface area contributed by atoms with Crippen molar-refractivity contribution in [1.82, 2.24) is 4.90 Å². The van der Waals surface area contributed by atoms with E-state index in [0.717, 1.165) is 6.04 Å². The molecule has 2 heterocycles. The van der Waals surface area contributed by atoms with E-state index >= 15 is 0 Å². The normalized spacial score (nSPS) is 37.0. The zero-order valence-electron chi connectivity index (χ0n) is 5.06. The van der Waals surface area contributed by atoms with E-state index in [-0.39, 0.29) is 0 Å². The van der Waals surface area contributed by atoms with E-state index < -0.39 is 0 Å². The van der Waals surface area contributed by atoms with Crippen LogP contribution < -0.4 is 0 Å². The summed E-state index contributed by atoms with van der Waals surface area (Å²) in [5.74, 6) is 0. The Bertz CT molecular complexity index is 114. The molecular formula is C7H11N. The Hall–Kier alpha value is -0.300. The molecule has 0 spiro atoms. The van der Waals surface area contributed by atoms with Crippen LogP contribution in [-0.2, 0) is 0 Å². The molecule has 0 amide bonds. The smallest absolute Gasteiger partial charge is 0.0193 e. The highest BCUT2D eigenvalue weighted by atomic mass is 15.2. The summed E-state index contributed by atoms with van der Waals surface area (Å²) in [5, 5.41) is 0. The van der Waals surface area contributed by atoms with Crippen LogP contribution in [0.2, 0.25) is 0 Å². The molecule has 1 nitrogen and oxygen atoms in total. The van der Waals surface area contributed by atoms with E-state index in [1.165, 1.54) is 31.5 Å². The van der Waals surface area contributed by atoms with Gasteiger partial charge in [-0.25, -0.2) is 0 Å². The van der Waals surface area contributed by atoms with Crippen LogP contribution in [0.3, 0.4) is 0 Å². The van der Waals surface area contributed by atoms with Gasteiger partial charge in [-0.05, 0) is 12.8 Å². The van der Waals surface area contributed by atoms with Crippen LogP contribution >= 0.6 is 0 Å². The van der Waals surface area contributed by atoms with Crippen LogP contribution in [0.5, 0.6) is 0 Å². The van der Waals surface area contributed by atoms with Gasteiger partial charge in [0.05, 0.1) is 0 Å². The fourth-order valence-corrected chi connectivity index (χ4v) is 1.62. The maximum atomic E-state index is 3.95. The molecular weight excluding hydrogens is 98.1 g/mol.